The Morgan fingerprint density at radius 1 is 1.26 bits per heavy atom. The van der Waals surface area contributed by atoms with Gasteiger partial charge in [-0.25, -0.2) is 9.37 Å². The van der Waals surface area contributed by atoms with Gasteiger partial charge in [-0.3, -0.25) is 14.6 Å². The van der Waals surface area contributed by atoms with Crippen LogP contribution in [0.4, 0.5) is 20.8 Å². The molecule has 1 aliphatic heterocycles. The molecule has 11 heteroatoms. The molecule has 3 heterocycles. The fraction of sp³-hybridized carbons (Fsp3) is 0.333. The second-order valence-electron chi connectivity index (χ2n) is 8.75. The summed E-state index contributed by atoms with van der Waals surface area (Å²) >= 11 is 0.979. The maximum atomic E-state index is 14.6. The van der Waals surface area contributed by atoms with Gasteiger partial charge < -0.3 is 27.0 Å². The maximum absolute atomic E-state index is 14.6. The van der Waals surface area contributed by atoms with Gasteiger partial charge in [0.05, 0.1) is 17.6 Å². The highest BCUT2D eigenvalue weighted by atomic mass is 32.1. The summed E-state index contributed by atoms with van der Waals surface area (Å²) < 4.78 is 14.6. The van der Waals surface area contributed by atoms with Gasteiger partial charge in [0.1, 0.15) is 15.8 Å². The van der Waals surface area contributed by atoms with Gasteiger partial charge in [0, 0.05) is 42.5 Å². The predicted octanol–water partition coefficient (Wildman–Crippen LogP) is 3.24. The number of hydrogen-bond donors (Lipinski definition) is 4. The summed E-state index contributed by atoms with van der Waals surface area (Å²) in [6.07, 6.45) is 5.14. The van der Waals surface area contributed by atoms with Crippen LogP contribution in [0.15, 0.2) is 36.7 Å². The zero-order chi connectivity index (χ0) is 25.1. The second kappa shape index (κ2) is 10.4. The third-order valence-electron chi connectivity index (χ3n) is 5.59. The minimum absolute atomic E-state index is 0.0217. The third-order valence-corrected chi connectivity index (χ3v) is 6.51. The highest BCUT2D eigenvalue weighted by Crippen LogP contribution is 2.34. The molecule has 0 aliphatic carbocycles. The van der Waals surface area contributed by atoms with Gasteiger partial charge in [-0.05, 0) is 51.0 Å². The first-order valence-corrected chi connectivity index (χ1v) is 12.2. The van der Waals surface area contributed by atoms with Crippen molar-refractivity contribution in [3.05, 3.63) is 53.7 Å². The van der Waals surface area contributed by atoms with E-state index in [0.717, 1.165) is 36.4 Å². The zero-order valence-corrected chi connectivity index (χ0v) is 20.4. The molecule has 3 aromatic rings. The molecule has 0 unspecified atom stereocenters. The van der Waals surface area contributed by atoms with E-state index in [1.165, 1.54) is 18.2 Å². The summed E-state index contributed by atoms with van der Waals surface area (Å²) in [6.45, 7) is 5.17. The van der Waals surface area contributed by atoms with Gasteiger partial charge in [0.25, 0.3) is 11.8 Å². The molecule has 4 rings (SSSR count). The van der Waals surface area contributed by atoms with E-state index in [1.807, 2.05) is 19.9 Å². The summed E-state index contributed by atoms with van der Waals surface area (Å²) in [7, 11) is 0. The predicted molar refractivity (Wildman–Crippen MR) is 136 cm³/mol. The molecule has 1 saturated heterocycles. The van der Waals surface area contributed by atoms with Crippen molar-refractivity contribution in [1.29, 1.82) is 0 Å². The molecule has 0 radical (unpaired) electrons. The van der Waals surface area contributed by atoms with Crippen molar-refractivity contribution in [3.8, 4) is 10.6 Å². The number of thiazole rings is 1. The number of nitrogens with zero attached hydrogens (tertiary/aromatic N) is 3. The van der Waals surface area contributed by atoms with E-state index in [1.54, 1.807) is 12.4 Å². The molecule has 1 aromatic carbocycles. The molecule has 1 fully saturated rings. The Morgan fingerprint density at radius 3 is 2.80 bits per heavy atom. The van der Waals surface area contributed by atoms with Crippen LogP contribution in [0.2, 0.25) is 0 Å². The number of pyridine rings is 1. The second-order valence-corrected chi connectivity index (χ2v) is 9.78. The minimum atomic E-state index is -0.567. The van der Waals surface area contributed by atoms with E-state index in [9.17, 15) is 14.0 Å². The number of piperidine rings is 1. The smallest absolute Gasteiger partial charge is 0.277 e. The molecule has 0 spiro atoms. The third kappa shape index (κ3) is 5.57. The van der Waals surface area contributed by atoms with E-state index in [0.29, 0.717) is 12.2 Å². The van der Waals surface area contributed by atoms with Crippen LogP contribution in [0.5, 0.6) is 0 Å². The molecule has 0 bridgehead atoms. The van der Waals surface area contributed by atoms with Crippen molar-refractivity contribution in [1.82, 2.24) is 15.3 Å². The topological polar surface area (TPSA) is 139 Å². The number of nitrogens with one attached hydrogen (secondary N) is 2. The van der Waals surface area contributed by atoms with Crippen LogP contribution >= 0.6 is 11.3 Å². The van der Waals surface area contributed by atoms with E-state index >= 15 is 0 Å². The fourth-order valence-electron chi connectivity index (χ4n) is 3.96. The van der Waals surface area contributed by atoms with Crippen LogP contribution in [-0.4, -0.2) is 47.0 Å². The maximum Gasteiger partial charge on any atom is 0.277 e. The average molecular weight is 498 g/mol. The number of carbonyl (C=O) groups excluding carboxylic acids is 2. The van der Waals surface area contributed by atoms with Crippen molar-refractivity contribution >= 4 is 39.5 Å². The average Bonchev–Trinajstić information content (AvgIpc) is 3.20. The van der Waals surface area contributed by atoms with Crippen molar-refractivity contribution in [2.24, 2.45) is 5.73 Å². The lowest BCUT2D eigenvalue weighted by Gasteiger charge is -2.33. The number of halogens is 1. The van der Waals surface area contributed by atoms with Crippen LogP contribution in [0.25, 0.3) is 10.6 Å². The highest BCUT2D eigenvalue weighted by Gasteiger charge is 2.23. The molecule has 9 nitrogen and oxygen atoms in total. The van der Waals surface area contributed by atoms with Gasteiger partial charge in [-0.15, -0.1) is 0 Å². The van der Waals surface area contributed by atoms with Crippen molar-refractivity contribution in [2.45, 2.75) is 38.8 Å². The van der Waals surface area contributed by atoms with Crippen molar-refractivity contribution in [2.75, 3.05) is 29.0 Å². The van der Waals surface area contributed by atoms with E-state index in [4.69, 9.17) is 11.5 Å². The Balaban J connectivity index is 1.59. The fourth-order valence-corrected chi connectivity index (χ4v) is 4.80. The standard InChI is InChI=1S/C24H28FN7O2S/c1-13(2)29-22(33)14-5-6-17(25)16(10-14)24-31-20(21(27)35-24)23(34)30-18-11-28-8-7-19(18)32-9-3-4-15(26)12-32/h5-8,10-11,13,15H,3-4,9,12,26-27H2,1-2H3,(H,29,33)(H,30,34)/t15-/m1/s1. The van der Waals surface area contributed by atoms with Crippen LogP contribution in [0.3, 0.4) is 0 Å². The number of hydrogen-bond acceptors (Lipinski definition) is 8. The lowest BCUT2D eigenvalue weighted by molar-refractivity contribution is 0.0942. The van der Waals surface area contributed by atoms with Crippen molar-refractivity contribution in [3.63, 3.8) is 0 Å². The van der Waals surface area contributed by atoms with Crippen LogP contribution in [-0.2, 0) is 0 Å². The van der Waals surface area contributed by atoms with Crippen LogP contribution in [0.1, 0.15) is 47.5 Å². The van der Waals surface area contributed by atoms with Crippen LogP contribution in [0, 0.1) is 5.82 Å². The number of benzene rings is 1. The van der Waals surface area contributed by atoms with E-state index < -0.39 is 11.7 Å². The molecule has 0 saturated carbocycles. The molecule has 2 aromatic heterocycles. The molecule has 2 amide bonds. The van der Waals surface area contributed by atoms with Gasteiger partial charge >= 0.3 is 0 Å². The molecule has 6 N–H and O–H groups in total. The first-order chi connectivity index (χ1) is 16.7. The lowest BCUT2D eigenvalue weighted by Crippen LogP contribution is -2.43. The largest absolute Gasteiger partial charge is 0.389 e. The van der Waals surface area contributed by atoms with Crippen molar-refractivity contribution < 1.29 is 14.0 Å². The molecule has 184 valence electrons. The quantitative estimate of drug-likeness (QED) is 0.410. The first-order valence-electron chi connectivity index (χ1n) is 11.4. The molecule has 35 heavy (non-hydrogen) atoms. The molecular formula is C24H28FN7O2S. The number of rotatable bonds is 6. The van der Waals surface area contributed by atoms with Crippen LogP contribution < -0.4 is 27.0 Å². The Morgan fingerprint density at radius 2 is 2.06 bits per heavy atom. The number of anilines is 3. The Hall–Kier alpha value is -3.57. The Kier molecular flexibility index (Phi) is 7.27. The zero-order valence-electron chi connectivity index (χ0n) is 19.5. The van der Waals surface area contributed by atoms with E-state index in [-0.39, 0.29) is 44.8 Å². The molecule has 1 aliphatic rings. The summed E-state index contributed by atoms with van der Waals surface area (Å²) in [6, 6.07) is 5.83. The highest BCUT2D eigenvalue weighted by molar-refractivity contribution is 7.19. The number of nitrogen functional groups attached to an aromatic ring is 1. The number of nitrogens with two attached hydrogens (primary N) is 2. The summed E-state index contributed by atoms with van der Waals surface area (Å²) in [5, 5.41) is 5.95. The number of carbonyl (C=O) groups is 2. The summed E-state index contributed by atoms with van der Waals surface area (Å²) in [5.41, 5.74) is 13.9. The van der Waals surface area contributed by atoms with Gasteiger partial charge in [-0.2, -0.15) is 0 Å². The van der Waals surface area contributed by atoms with E-state index in [2.05, 4.69) is 25.5 Å². The van der Waals surface area contributed by atoms with Gasteiger partial charge in [0.2, 0.25) is 0 Å². The van der Waals surface area contributed by atoms with Gasteiger partial charge in [-0.1, -0.05) is 11.3 Å². The number of amides is 2. The summed E-state index contributed by atoms with van der Waals surface area (Å²) in [5.74, 6) is -1.43. The number of aromatic nitrogens is 2. The molecular weight excluding hydrogens is 469 g/mol. The SMILES string of the molecule is CC(C)NC(=O)c1ccc(F)c(-c2nc(C(=O)Nc3cnccc3N3CCC[C@@H](N)C3)c(N)s2)c1. The Bertz CT molecular complexity index is 1250. The Labute approximate surface area is 206 Å². The molecule has 1 atom stereocenters. The monoisotopic (exact) mass is 497 g/mol. The minimum Gasteiger partial charge on any atom is -0.389 e. The summed E-state index contributed by atoms with van der Waals surface area (Å²) in [4.78, 5) is 36.0. The van der Waals surface area contributed by atoms with Gasteiger partial charge in [0.15, 0.2) is 5.69 Å². The first kappa shape index (κ1) is 24.6. The normalized spacial score (nSPS) is 15.8. The lowest BCUT2D eigenvalue weighted by atomic mass is 10.1.